The Morgan fingerprint density at radius 3 is 3.12 bits per heavy atom. The zero-order valence-corrected chi connectivity index (χ0v) is 15.0. The van der Waals surface area contributed by atoms with E-state index in [4.69, 9.17) is 4.74 Å². The summed E-state index contributed by atoms with van der Waals surface area (Å²) in [4.78, 5) is 16.7. The summed E-state index contributed by atoms with van der Waals surface area (Å²) in [7, 11) is 0. The molecular weight excluding hydrogens is 352 g/mol. The number of thiophene rings is 1. The van der Waals surface area contributed by atoms with Gasteiger partial charge in [0.25, 0.3) is 5.91 Å². The molecule has 26 heavy (non-hydrogen) atoms. The zero-order valence-electron chi connectivity index (χ0n) is 14.2. The molecule has 0 spiro atoms. The summed E-state index contributed by atoms with van der Waals surface area (Å²) in [6.45, 7) is 4.69. The standard InChI is InChI=1S/C17H18N6O2S/c1-10-2-3-21-23(10)9-12-8-18-17(24)16-13-14(25-5-4-22(12)13)15(26-16)11-6-19-20-7-11/h2-3,6-7,12H,4-5,8-9H2,1H3,(H,18,24)(H,19,20)/t12-/m1/s1. The Bertz CT molecular complexity index is 960. The SMILES string of the molecule is Cc1ccnn1C[C@H]1CNC(=O)c2sc(-c3cn[nH]c3)c3c2N1CCO3. The Hall–Kier alpha value is -2.81. The number of ether oxygens (including phenoxy) is 1. The van der Waals surface area contributed by atoms with Crippen molar-refractivity contribution in [2.45, 2.75) is 19.5 Å². The number of H-pyrrole nitrogens is 1. The van der Waals surface area contributed by atoms with Crippen molar-refractivity contribution >= 4 is 22.9 Å². The summed E-state index contributed by atoms with van der Waals surface area (Å²) in [5.41, 5.74) is 2.95. The van der Waals surface area contributed by atoms with Gasteiger partial charge in [-0.3, -0.25) is 14.6 Å². The highest BCUT2D eigenvalue weighted by molar-refractivity contribution is 7.18. The minimum absolute atomic E-state index is 0.0452. The number of nitrogens with zero attached hydrogens (tertiary/aromatic N) is 4. The van der Waals surface area contributed by atoms with Crippen molar-refractivity contribution in [1.82, 2.24) is 25.3 Å². The van der Waals surface area contributed by atoms with Crippen LogP contribution in [0.4, 0.5) is 5.69 Å². The van der Waals surface area contributed by atoms with E-state index in [-0.39, 0.29) is 11.9 Å². The van der Waals surface area contributed by atoms with Crippen molar-refractivity contribution in [3.63, 3.8) is 0 Å². The molecule has 8 nitrogen and oxygen atoms in total. The van der Waals surface area contributed by atoms with Gasteiger partial charge < -0.3 is 15.0 Å². The number of carbonyl (C=O) groups is 1. The summed E-state index contributed by atoms with van der Waals surface area (Å²) in [5, 5.41) is 14.3. The number of anilines is 1. The lowest BCUT2D eigenvalue weighted by Crippen LogP contribution is -2.47. The third kappa shape index (κ3) is 2.31. The molecule has 0 bridgehead atoms. The highest BCUT2D eigenvalue weighted by Crippen LogP contribution is 2.50. The molecule has 0 radical (unpaired) electrons. The molecule has 5 heterocycles. The van der Waals surface area contributed by atoms with Crippen LogP contribution in [0.3, 0.4) is 0 Å². The summed E-state index contributed by atoms with van der Waals surface area (Å²) in [5.74, 6) is 0.744. The average Bonchev–Trinajstić information content (AvgIpc) is 3.36. The average molecular weight is 370 g/mol. The summed E-state index contributed by atoms with van der Waals surface area (Å²) < 4.78 is 7.99. The number of nitrogens with one attached hydrogen (secondary N) is 2. The van der Waals surface area contributed by atoms with Crippen LogP contribution in [-0.2, 0) is 6.54 Å². The number of aromatic nitrogens is 4. The maximum atomic E-state index is 12.7. The van der Waals surface area contributed by atoms with Crippen LogP contribution < -0.4 is 15.0 Å². The Labute approximate surface area is 153 Å². The van der Waals surface area contributed by atoms with Crippen molar-refractivity contribution in [1.29, 1.82) is 0 Å². The van der Waals surface area contributed by atoms with Gasteiger partial charge in [-0.1, -0.05) is 0 Å². The summed E-state index contributed by atoms with van der Waals surface area (Å²) in [6.07, 6.45) is 5.39. The predicted octanol–water partition coefficient (Wildman–Crippen LogP) is 1.65. The van der Waals surface area contributed by atoms with Gasteiger partial charge in [0.05, 0.1) is 30.2 Å². The second-order valence-corrected chi connectivity index (χ2v) is 7.51. The lowest BCUT2D eigenvalue weighted by Gasteiger charge is -2.35. The van der Waals surface area contributed by atoms with Gasteiger partial charge >= 0.3 is 0 Å². The van der Waals surface area contributed by atoms with Crippen LogP contribution in [0.5, 0.6) is 5.75 Å². The summed E-state index contributed by atoms with van der Waals surface area (Å²) >= 11 is 1.46. The molecule has 134 valence electrons. The molecule has 1 atom stereocenters. The van der Waals surface area contributed by atoms with E-state index in [0.29, 0.717) is 18.0 Å². The van der Waals surface area contributed by atoms with Crippen LogP contribution in [0, 0.1) is 6.92 Å². The Morgan fingerprint density at radius 1 is 1.42 bits per heavy atom. The molecule has 0 saturated heterocycles. The first kappa shape index (κ1) is 15.4. The number of rotatable bonds is 3. The van der Waals surface area contributed by atoms with E-state index in [1.807, 2.05) is 30.1 Å². The van der Waals surface area contributed by atoms with Gasteiger partial charge in [0, 0.05) is 30.2 Å². The van der Waals surface area contributed by atoms with E-state index in [1.54, 1.807) is 6.20 Å². The molecule has 0 aromatic carbocycles. The van der Waals surface area contributed by atoms with Crippen molar-refractivity contribution in [3.05, 3.63) is 35.2 Å². The summed E-state index contributed by atoms with van der Waals surface area (Å²) in [6, 6.07) is 2.11. The van der Waals surface area contributed by atoms with E-state index < -0.39 is 0 Å². The number of aryl methyl sites for hydroxylation is 1. The van der Waals surface area contributed by atoms with Crippen molar-refractivity contribution < 1.29 is 9.53 Å². The van der Waals surface area contributed by atoms with Crippen LogP contribution in [0.2, 0.25) is 0 Å². The van der Waals surface area contributed by atoms with Gasteiger partial charge in [-0.05, 0) is 13.0 Å². The molecule has 1 amide bonds. The quantitative estimate of drug-likeness (QED) is 0.732. The van der Waals surface area contributed by atoms with E-state index in [2.05, 4.69) is 25.5 Å². The molecule has 0 unspecified atom stereocenters. The minimum atomic E-state index is -0.0452. The second-order valence-electron chi connectivity index (χ2n) is 6.49. The molecule has 2 aliphatic heterocycles. The molecular formula is C17H18N6O2S. The van der Waals surface area contributed by atoms with Gasteiger partial charge in [-0.15, -0.1) is 11.3 Å². The fraction of sp³-hybridized carbons (Fsp3) is 0.353. The highest BCUT2D eigenvalue weighted by atomic mass is 32.1. The minimum Gasteiger partial charge on any atom is -0.488 e. The van der Waals surface area contributed by atoms with E-state index in [9.17, 15) is 4.79 Å². The normalized spacial score (nSPS) is 18.9. The number of amides is 1. The lowest BCUT2D eigenvalue weighted by molar-refractivity contribution is 0.0958. The smallest absolute Gasteiger partial charge is 0.263 e. The highest BCUT2D eigenvalue weighted by Gasteiger charge is 2.37. The molecule has 0 fully saturated rings. The van der Waals surface area contributed by atoms with Gasteiger partial charge in [-0.2, -0.15) is 10.2 Å². The van der Waals surface area contributed by atoms with Crippen molar-refractivity contribution in [2.24, 2.45) is 0 Å². The molecule has 5 rings (SSSR count). The van der Waals surface area contributed by atoms with Gasteiger partial charge in [-0.25, -0.2) is 0 Å². The molecule has 2 aliphatic rings. The van der Waals surface area contributed by atoms with Gasteiger partial charge in [0.15, 0.2) is 5.75 Å². The van der Waals surface area contributed by atoms with Crippen LogP contribution in [0.15, 0.2) is 24.7 Å². The second kappa shape index (κ2) is 5.87. The largest absolute Gasteiger partial charge is 0.488 e. The third-order valence-corrected chi connectivity index (χ3v) is 6.13. The Balaban J connectivity index is 1.60. The van der Waals surface area contributed by atoms with E-state index in [0.717, 1.165) is 40.7 Å². The Morgan fingerprint density at radius 2 is 2.35 bits per heavy atom. The number of aromatic amines is 1. The predicted molar refractivity (Wildman–Crippen MR) is 97.8 cm³/mol. The Kier molecular flexibility index (Phi) is 3.49. The third-order valence-electron chi connectivity index (χ3n) is 4.92. The maximum Gasteiger partial charge on any atom is 0.263 e. The van der Waals surface area contributed by atoms with Crippen LogP contribution in [0.1, 0.15) is 15.4 Å². The fourth-order valence-corrected chi connectivity index (χ4v) is 4.75. The van der Waals surface area contributed by atoms with Gasteiger partial charge in [0.1, 0.15) is 17.2 Å². The molecule has 3 aromatic rings. The van der Waals surface area contributed by atoms with Crippen LogP contribution >= 0.6 is 11.3 Å². The molecule has 3 aromatic heterocycles. The van der Waals surface area contributed by atoms with Crippen LogP contribution in [0.25, 0.3) is 10.4 Å². The van der Waals surface area contributed by atoms with E-state index in [1.165, 1.54) is 11.3 Å². The molecule has 2 N–H and O–H groups in total. The number of carbonyl (C=O) groups excluding carboxylic acids is 1. The van der Waals surface area contributed by atoms with E-state index >= 15 is 0 Å². The van der Waals surface area contributed by atoms with Gasteiger partial charge in [0.2, 0.25) is 0 Å². The molecule has 9 heteroatoms. The van der Waals surface area contributed by atoms with Crippen molar-refractivity contribution in [2.75, 3.05) is 24.6 Å². The topological polar surface area (TPSA) is 88.1 Å². The number of hydrogen-bond acceptors (Lipinski definition) is 6. The molecule has 0 saturated carbocycles. The maximum absolute atomic E-state index is 12.7. The molecule has 0 aliphatic carbocycles. The monoisotopic (exact) mass is 370 g/mol. The first-order chi connectivity index (χ1) is 12.7. The van der Waals surface area contributed by atoms with Crippen LogP contribution in [-0.4, -0.2) is 51.6 Å². The first-order valence-corrected chi connectivity index (χ1v) is 9.36. The fourth-order valence-electron chi connectivity index (χ4n) is 3.60. The van der Waals surface area contributed by atoms with Crippen molar-refractivity contribution in [3.8, 4) is 16.2 Å². The first-order valence-electron chi connectivity index (χ1n) is 8.54. The zero-order chi connectivity index (χ0) is 17.7. The lowest BCUT2D eigenvalue weighted by atomic mass is 10.1. The number of hydrogen-bond donors (Lipinski definition) is 2.